The molecule has 0 radical (unpaired) electrons. The molecule has 1 aromatic rings. The van der Waals surface area contributed by atoms with Crippen molar-refractivity contribution in [3.8, 4) is 0 Å². The molecule has 0 aliphatic heterocycles. The second-order valence-corrected chi connectivity index (χ2v) is 5.40. The van der Waals surface area contributed by atoms with E-state index in [4.69, 9.17) is 15.2 Å². The standard InChI is InChI=1S/C12H24N4O3S/c1-4-16-11(5-13)14-15-12(16)20-8-10(17)7-19-9(2)6-18-3/h9-10,17H,4-8,13H2,1-3H3. The highest BCUT2D eigenvalue weighted by atomic mass is 32.2. The first-order valence-corrected chi connectivity index (χ1v) is 7.64. The molecule has 20 heavy (non-hydrogen) atoms. The van der Waals surface area contributed by atoms with Crippen LogP contribution in [-0.4, -0.2) is 58.2 Å². The Bertz CT molecular complexity index is 389. The van der Waals surface area contributed by atoms with Crippen molar-refractivity contribution in [2.24, 2.45) is 5.73 Å². The number of aliphatic hydroxyl groups excluding tert-OH is 1. The average molecular weight is 304 g/mol. The summed E-state index contributed by atoms with van der Waals surface area (Å²) < 4.78 is 12.4. The van der Waals surface area contributed by atoms with Gasteiger partial charge < -0.3 is 24.9 Å². The molecule has 0 bridgehead atoms. The Kier molecular flexibility index (Phi) is 8.08. The van der Waals surface area contributed by atoms with Crippen molar-refractivity contribution in [2.75, 3.05) is 26.1 Å². The minimum absolute atomic E-state index is 0.0252. The van der Waals surface area contributed by atoms with E-state index < -0.39 is 6.10 Å². The van der Waals surface area contributed by atoms with Gasteiger partial charge in [0, 0.05) is 19.4 Å². The molecule has 1 aromatic heterocycles. The van der Waals surface area contributed by atoms with Crippen molar-refractivity contribution in [3.63, 3.8) is 0 Å². The monoisotopic (exact) mass is 304 g/mol. The van der Waals surface area contributed by atoms with Crippen LogP contribution in [0.25, 0.3) is 0 Å². The van der Waals surface area contributed by atoms with E-state index in [2.05, 4.69) is 10.2 Å². The zero-order chi connectivity index (χ0) is 15.0. The normalized spacial score (nSPS) is 14.4. The number of nitrogens with zero attached hydrogens (tertiary/aromatic N) is 3. The molecule has 0 aromatic carbocycles. The average Bonchev–Trinajstić information content (AvgIpc) is 2.85. The van der Waals surface area contributed by atoms with Gasteiger partial charge in [-0.1, -0.05) is 11.8 Å². The fourth-order valence-electron chi connectivity index (χ4n) is 1.67. The largest absolute Gasteiger partial charge is 0.390 e. The Hall–Kier alpha value is -0.670. The summed E-state index contributed by atoms with van der Waals surface area (Å²) in [5, 5.41) is 18.8. The first-order chi connectivity index (χ1) is 9.62. The fourth-order valence-corrected chi connectivity index (χ4v) is 2.60. The van der Waals surface area contributed by atoms with Gasteiger partial charge in [-0.05, 0) is 13.8 Å². The van der Waals surface area contributed by atoms with Gasteiger partial charge in [-0.3, -0.25) is 0 Å². The van der Waals surface area contributed by atoms with Gasteiger partial charge in [-0.15, -0.1) is 10.2 Å². The molecule has 0 aliphatic carbocycles. The highest BCUT2D eigenvalue weighted by Gasteiger charge is 2.13. The molecule has 0 spiro atoms. The van der Waals surface area contributed by atoms with Crippen LogP contribution in [0.3, 0.4) is 0 Å². The van der Waals surface area contributed by atoms with Gasteiger partial charge in [-0.2, -0.15) is 0 Å². The molecule has 8 heteroatoms. The quantitative estimate of drug-likeness (QED) is 0.599. The highest BCUT2D eigenvalue weighted by Crippen LogP contribution is 2.18. The van der Waals surface area contributed by atoms with Crippen LogP contribution in [0.5, 0.6) is 0 Å². The summed E-state index contributed by atoms with van der Waals surface area (Å²) in [6.07, 6.45) is -0.578. The van der Waals surface area contributed by atoms with E-state index in [1.54, 1.807) is 7.11 Å². The smallest absolute Gasteiger partial charge is 0.191 e. The molecule has 0 aliphatic rings. The van der Waals surface area contributed by atoms with Crippen LogP contribution < -0.4 is 5.73 Å². The Labute approximate surface area is 123 Å². The molecule has 0 fully saturated rings. The summed E-state index contributed by atoms with van der Waals surface area (Å²) in [5.41, 5.74) is 5.59. The number of hydrogen-bond acceptors (Lipinski definition) is 7. The second-order valence-electron chi connectivity index (χ2n) is 4.41. The molecule has 0 saturated heterocycles. The van der Waals surface area contributed by atoms with E-state index in [-0.39, 0.29) is 12.7 Å². The summed E-state index contributed by atoms with van der Waals surface area (Å²) in [6.45, 7) is 5.84. The number of hydrogen-bond donors (Lipinski definition) is 2. The maximum Gasteiger partial charge on any atom is 0.191 e. The zero-order valence-electron chi connectivity index (χ0n) is 12.3. The lowest BCUT2D eigenvalue weighted by Crippen LogP contribution is -2.24. The number of aliphatic hydroxyl groups is 1. The van der Waals surface area contributed by atoms with Crippen molar-refractivity contribution in [1.29, 1.82) is 0 Å². The third kappa shape index (κ3) is 5.37. The summed E-state index contributed by atoms with van der Waals surface area (Å²) in [4.78, 5) is 0. The van der Waals surface area contributed by atoms with Crippen LogP contribution >= 0.6 is 11.8 Å². The van der Waals surface area contributed by atoms with Crippen LogP contribution in [-0.2, 0) is 22.6 Å². The van der Waals surface area contributed by atoms with Crippen LogP contribution in [0.2, 0.25) is 0 Å². The maximum atomic E-state index is 9.89. The predicted molar refractivity (Wildman–Crippen MR) is 77.6 cm³/mol. The lowest BCUT2D eigenvalue weighted by molar-refractivity contribution is -0.0257. The van der Waals surface area contributed by atoms with E-state index in [0.29, 0.717) is 18.9 Å². The lowest BCUT2D eigenvalue weighted by atomic mass is 10.4. The molecular weight excluding hydrogens is 280 g/mol. The second kappa shape index (κ2) is 9.30. The number of thioether (sulfide) groups is 1. The van der Waals surface area contributed by atoms with E-state index in [9.17, 15) is 5.11 Å². The predicted octanol–water partition coefficient (Wildman–Crippen LogP) is 0.261. The Morgan fingerprint density at radius 1 is 1.40 bits per heavy atom. The maximum absolute atomic E-state index is 9.89. The molecule has 3 N–H and O–H groups in total. The van der Waals surface area contributed by atoms with Gasteiger partial charge in [0.1, 0.15) is 5.82 Å². The van der Waals surface area contributed by atoms with Crippen molar-refractivity contribution in [3.05, 3.63) is 5.82 Å². The van der Waals surface area contributed by atoms with Gasteiger partial charge in [0.05, 0.1) is 32.0 Å². The number of ether oxygens (including phenoxy) is 2. The number of nitrogens with two attached hydrogens (primary N) is 1. The van der Waals surface area contributed by atoms with Gasteiger partial charge >= 0.3 is 0 Å². The van der Waals surface area contributed by atoms with Gasteiger partial charge in [0.25, 0.3) is 0 Å². The number of rotatable bonds is 10. The molecule has 1 rings (SSSR count). The number of methoxy groups -OCH3 is 1. The van der Waals surface area contributed by atoms with Crippen molar-refractivity contribution in [1.82, 2.24) is 14.8 Å². The van der Waals surface area contributed by atoms with E-state index in [1.165, 1.54) is 11.8 Å². The molecule has 116 valence electrons. The van der Waals surface area contributed by atoms with Crippen LogP contribution in [0.15, 0.2) is 5.16 Å². The molecule has 2 unspecified atom stereocenters. The third-order valence-electron chi connectivity index (χ3n) is 2.67. The molecular formula is C12H24N4O3S. The SMILES string of the molecule is CCn1c(CN)nnc1SCC(O)COC(C)COC. The minimum atomic E-state index is -0.553. The summed E-state index contributed by atoms with van der Waals surface area (Å²) in [6, 6.07) is 0. The molecule has 2 atom stereocenters. The Morgan fingerprint density at radius 3 is 2.75 bits per heavy atom. The van der Waals surface area contributed by atoms with Crippen molar-refractivity contribution in [2.45, 2.75) is 44.3 Å². The topological polar surface area (TPSA) is 95.4 Å². The van der Waals surface area contributed by atoms with Crippen molar-refractivity contribution >= 4 is 11.8 Å². The zero-order valence-corrected chi connectivity index (χ0v) is 13.1. The first kappa shape index (κ1) is 17.4. The molecule has 0 saturated carbocycles. The molecule has 1 heterocycles. The first-order valence-electron chi connectivity index (χ1n) is 6.65. The van der Waals surface area contributed by atoms with Crippen molar-refractivity contribution < 1.29 is 14.6 Å². The van der Waals surface area contributed by atoms with Crippen LogP contribution in [0, 0.1) is 0 Å². The third-order valence-corrected chi connectivity index (χ3v) is 3.78. The molecule has 7 nitrogen and oxygen atoms in total. The summed E-state index contributed by atoms with van der Waals surface area (Å²) in [5.74, 6) is 1.26. The van der Waals surface area contributed by atoms with Crippen LogP contribution in [0.1, 0.15) is 19.7 Å². The minimum Gasteiger partial charge on any atom is -0.390 e. The summed E-state index contributed by atoms with van der Waals surface area (Å²) in [7, 11) is 1.62. The van der Waals surface area contributed by atoms with Gasteiger partial charge in [-0.25, -0.2) is 0 Å². The summed E-state index contributed by atoms with van der Waals surface area (Å²) >= 11 is 1.45. The van der Waals surface area contributed by atoms with Gasteiger partial charge in [0.15, 0.2) is 5.16 Å². The lowest BCUT2D eigenvalue weighted by Gasteiger charge is -2.15. The van der Waals surface area contributed by atoms with Gasteiger partial charge in [0.2, 0.25) is 0 Å². The van der Waals surface area contributed by atoms with E-state index in [0.717, 1.165) is 17.5 Å². The van der Waals surface area contributed by atoms with E-state index in [1.807, 2.05) is 18.4 Å². The van der Waals surface area contributed by atoms with E-state index >= 15 is 0 Å². The molecule has 0 amide bonds. The number of aromatic nitrogens is 3. The fraction of sp³-hybridized carbons (Fsp3) is 0.833. The van der Waals surface area contributed by atoms with Crippen LogP contribution in [0.4, 0.5) is 0 Å². The Morgan fingerprint density at radius 2 is 2.15 bits per heavy atom. The Balaban J connectivity index is 2.37. The highest BCUT2D eigenvalue weighted by molar-refractivity contribution is 7.99.